The van der Waals surface area contributed by atoms with E-state index in [-0.39, 0.29) is 11.4 Å². The Hall–Kier alpha value is -0.840. The Morgan fingerprint density at radius 3 is 2.84 bits per heavy atom. The van der Waals surface area contributed by atoms with Crippen LogP contribution in [0.25, 0.3) is 0 Å². The van der Waals surface area contributed by atoms with Crippen LogP contribution in [0.5, 0.6) is 0 Å². The number of benzene rings is 1. The van der Waals surface area contributed by atoms with E-state index in [4.69, 9.17) is 4.74 Å². The summed E-state index contributed by atoms with van der Waals surface area (Å²) >= 11 is 1.75. The van der Waals surface area contributed by atoms with Gasteiger partial charge in [-0.15, -0.1) is 0 Å². The second-order valence-electron chi connectivity index (χ2n) is 5.13. The highest BCUT2D eigenvalue weighted by molar-refractivity contribution is 7.96. The van der Waals surface area contributed by atoms with Gasteiger partial charge in [-0.1, -0.05) is 42.3 Å². The summed E-state index contributed by atoms with van der Waals surface area (Å²) < 4.78 is 8.18. The molecule has 0 amide bonds. The highest BCUT2D eigenvalue weighted by Gasteiger charge is 2.32. The van der Waals surface area contributed by atoms with E-state index in [1.54, 1.807) is 11.9 Å². The average molecular weight is 279 g/mol. The van der Waals surface area contributed by atoms with Crippen molar-refractivity contribution < 1.29 is 9.53 Å². The topological polar surface area (TPSA) is 29.5 Å². The van der Waals surface area contributed by atoms with Crippen molar-refractivity contribution in [2.24, 2.45) is 0 Å². The lowest BCUT2D eigenvalue weighted by Gasteiger charge is -2.39. The second-order valence-corrected chi connectivity index (χ2v) is 6.02. The van der Waals surface area contributed by atoms with Crippen LogP contribution in [0.2, 0.25) is 0 Å². The van der Waals surface area contributed by atoms with E-state index in [0.717, 1.165) is 31.7 Å². The molecule has 3 nitrogen and oxygen atoms in total. The molecule has 1 fully saturated rings. The minimum absolute atomic E-state index is 0.201. The lowest BCUT2D eigenvalue weighted by Crippen LogP contribution is -2.47. The van der Waals surface area contributed by atoms with Gasteiger partial charge in [-0.25, -0.2) is 4.31 Å². The summed E-state index contributed by atoms with van der Waals surface area (Å²) in [5.74, 6) is 0.201. The van der Waals surface area contributed by atoms with Gasteiger partial charge in [-0.2, -0.15) is 0 Å². The molecule has 1 atom stereocenters. The van der Waals surface area contributed by atoms with Crippen LogP contribution in [0.1, 0.15) is 30.1 Å². The molecule has 4 heteroatoms. The molecule has 0 bridgehead atoms. The van der Waals surface area contributed by atoms with Gasteiger partial charge in [-0.3, -0.25) is 4.79 Å². The van der Waals surface area contributed by atoms with Crippen molar-refractivity contribution in [1.82, 2.24) is 4.31 Å². The molecule has 1 unspecified atom stereocenters. The van der Waals surface area contributed by atoms with Crippen molar-refractivity contribution in [3.8, 4) is 0 Å². The molecule has 1 aromatic rings. The quantitative estimate of drug-likeness (QED) is 0.612. The highest BCUT2D eigenvalue weighted by Crippen LogP contribution is 2.26. The Morgan fingerprint density at radius 2 is 2.16 bits per heavy atom. The predicted octanol–water partition coefficient (Wildman–Crippen LogP) is 3.02. The number of carbonyl (C=O) groups is 1. The monoisotopic (exact) mass is 279 g/mol. The van der Waals surface area contributed by atoms with E-state index in [1.165, 1.54) is 0 Å². The zero-order valence-corrected chi connectivity index (χ0v) is 12.4. The molecule has 1 saturated heterocycles. The first-order valence-electron chi connectivity index (χ1n) is 6.64. The maximum Gasteiger partial charge on any atom is 0.162 e. The van der Waals surface area contributed by atoms with Crippen LogP contribution in [0, 0.1) is 0 Å². The highest BCUT2D eigenvalue weighted by atomic mass is 32.2. The van der Waals surface area contributed by atoms with Crippen molar-refractivity contribution in [3.63, 3.8) is 0 Å². The summed E-state index contributed by atoms with van der Waals surface area (Å²) in [7, 11) is 0. The van der Waals surface area contributed by atoms with E-state index < -0.39 is 0 Å². The van der Waals surface area contributed by atoms with Gasteiger partial charge in [0.25, 0.3) is 0 Å². The smallest absolute Gasteiger partial charge is 0.162 e. The Bertz CT molecular complexity index is 423. The summed E-state index contributed by atoms with van der Waals surface area (Å²) in [6, 6.07) is 9.49. The van der Waals surface area contributed by atoms with Gasteiger partial charge in [0, 0.05) is 25.1 Å². The van der Waals surface area contributed by atoms with E-state index in [1.807, 2.05) is 30.3 Å². The maximum atomic E-state index is 12.1. The maximum absolute atomic E-state index is 12.1. The summed E-state index contributed by atoms with van der Waals surface area (Å²) in [4.78, 5) is 12.1. The molecule has 1 aliphatic rings. The van der Waals surface area contributed by atoms with Gasteiger partial charge in [0.15, 0.2) is 5.78 Å². The number of hydrogen-bond donors (Lipinski definition) is 0. The number of ether oxygens (including phenoxy) is 1. The molecule has 0 radical (unpaired) electrons. The number of morpholine rings is 1. The molecular formula is C15H21NO2S. The number of ketones is 1. The Morgan fingerprint density at radius 1 is 1.42 bits per heavy atom. The fourth-order valence-corrected chi connectivity index (χ4v) is 3.00. The average Bonchev–Trinajstić information content (AvgIpc) is 2.46. The molecule has 1 aliphatic heterocycles. The molecule has 0 spiro atoms. The van der Waals surface area contributed by atoms with Gasteiger partial charge < -0.3 is 4.74 Å². The number of Topliss-reactive ketones (excluding diaryl/α,β-unsaturated/α-hetero) is 1. The van der Waals surface area contributed by atoms with Crippen LogP contribution in [-0.2, 0) is 4.74 Å². The number of rotatable bonds is 5. The van der Waals surface area contributed by atoms with Crippen LogP contribution in [0.15, 0.2) is 30.3 Å². The minimum Gasteiger partial charge on any atom is -0.373 e. The molecule has 104 valence electrons. The van der Waals surface area contributed by atoms with Crippen molar-refractivity contribution in [1.29, 1.82) is 0 Å². The third-order valence-electron chi connectivity index (χ3n) is 3.54. The van der Waals surface area contributed by atoms with E-state index >= 15 is 0 Å². The fourth-order valence-electron chi connectivity index (χ4n) is 2.35. The van der Waals surface area contributed by atoms with Crippen molar-refractivity contribution in [2.45, 2.75) is 25.4 Å². The Kier molecular flexibility index (Phi) is 5.02. The molecule has 0 aromatic heterocycles. The largest absolute Gasteiger partial charge is 0.373 e. The van der Waals surface area contributed by atoms with Crippen molar-refractivity contribution >= 4 is 17.7 Å². The second kappa shape index (κ2) is 6.55. The number of nitrogens with zero attached hydrogens (tertiary/aromatic N) is 1. The van der Waals surface area contributed by atoms with E-state index in [2.05, 4.69) is 17.5 Å². The molecule has 0 N–H and O–H groups in total. The Labute approximate surface area is 119 Å². The number of hydrogen-bond acceptors (Lipinski definition) is 4. The summed E-state index contributed by atoms with van der Waals surface area (Å²) in [5, 5.41) is 0. The molecule has 0 aliphatic carbocycles. The first kappa shape index (κ1) is 14.6. The SMILES string of the molecule is CSN1CCOC(C)(CCC(=O)c2ccccc2)C1. The summed E-state index contributed by atoms with van der Waals surface area (Å²) in [6.07, 6.45) is 3.40. The van der Waals surface area contributed by atoms with Crippen LogP contribution in [-0.4, -0.2) is 41.6 Å². The molecular weight excluding hydrogens is 258 g/mol. The fraction of sp³-hybridized carbons (Fsp3) is 0.533. The lowest BCUT2D eigenvalue weighted by molar-refractivity contribution is -0.0790. The molecule has 0 saturated carbocycles. The zero-order chi connectivity index (χ0) is 13.7. The third kappa shape index (κ3) is 4.06. The molecule has 2 rings (SSSR count). The first-order valence-corrected chi connectivity index (χ1v) is 7.82. The zero-order valence-electron chi connectivity index (χ0n) is 11.6. The molecule has 1 heterocycles. The van der Waals surface area contributed by atoms with Gasteiger partial charge >= 0.3 is 0 Å². The van der Waals surface area contributed by atoms with Crippen LogP contribution in [0.3, 0.4) is 0 Å². The summed E-state index contributed by atoms with van der Waals surface area (Å²) in [6.45, 7) is 4.70. The summed E-state index contributed by atoms with van der Waals surface area (Å²) in [5.41, 5.74) is 0.592. The van der Waals surface area contributed by atoms with Crippen molar-refractivity contribution in [3.05, 3.63) is 35.9 Å². The predicted molar refractivity (Wildman–Crippen MR) is 79.5 cm³/mol. The van der Waals surface area contributed by atoms with Gasteiger partial charge in [0.2, 0.25) is 0 Å². The van der Waals surface area contributed by atoms with E-state index in [0.29, 0.717) is 6.42 Å². The standard InChI is InChI=1S/C15H21NO2S/c1-15(12-16(19-2)10-11-18-15)9-8-14(17)13-6-4-3-5-7-13/h3-7H,8-12H2,1-2H3. The molecule has 1 aromatic carbocycles. The van der Waals surface area contributed by atoms with Crippen LogP contribution in [0.4, 0.5) is 0 Å². The Balaban J connectivity index is 1.89. The van der Waals surface area contributed by atoms with E-state index in [9.17, 15) is 4.79 Å². The van der Waals surface area contributed by atoms with Gasteiger partial charge in [-0.05, 0) is 19.6 Å². The van der Waals surface area contributed by atoms with Gasteiger partial charge in [0.05, 0.1) is 12.2 Å². The molecule has 19 heavy (non-hydrogen) atoms. The first-order chi connectivity index (χ1) is 9.13. The normalized spacial score (nSPS) is 24.3. The van der Waals surface area contributed by atoms with Gasteiger partial charge in [0.1, 0.15) is 0 Å². The minimum atomic E-state index is -0.203. The van der Waals surface area contributed by atoms with Crippen molar-refractivity contribution in [2.75, 3.05) is 26.0 Å². The lowest BCUT2D eigenvalue weighted by atomic mass is 9.95. The third-order valence-corrected chi connectivity index (χ3v) is 4.36. The van der Waals surface area contributed by atoms with Crippen LogP contribution < -0.4 is 0 Å². The number of carbonyl (C=O) groups excluding carboxylic acids is 1. The van der Waals surface area contributed by atoms with Crippen LogP contribution >= 0.6 is 11.9 Å².